The molecule has 2 nitrogen and oxygen atoms in total. The van der Waals surface area contributed by atoms with Crippen LogP contribution in [-0.2, 0) is 0 Å². The maximum Gasteiger partial charge on any atom is 0.137 e. The largest absolute Gasteiger partial charge is 0.396 e. The average Bonchev–Trinajstić information content (AvgIpc) is 2.20. The van der Waals surface area contributed by atoms with Gasteiger partial charge in [-0.2, -0.15) is 0 Å². The zero-order valence-corrected chi connectivity index (χ0v) is 10.4. The van der Waals surface area contributed by atoms with Gasteiger partial charge in [-0.05, 0) is 34.1 Å². The Hall–Kier alpha value is -0.610. The van der Waals surface area contributed by atoms with E-state index in [2.05, 4.69) is 21.2 Å². The Morgan fingerprint density at radius 3 is 2.67 bits per heavy atom. The summed E-state index contributed by atoms with van der Waals surface area (Å²) in [7, 11) is 0. The summed E-state index contributed by atoms with van der Waals surface area (Å²) in [4.78, 5) is 0. The second-order valence-corrected chi connectivity index (χ2v) is 5.16. The zero-order valence-electron chi connectivity index (χ0n) is 8.85. The SMILES string of the molecule is CC(C)(CO)CNc1ccc(F)c(Br)c1. The quantitative estimate of drug-likeness (QED) is 0.886. The number of rotatable bonds is 4. The molecule has 0 spiro atoms. The monoisotopic (exact) mass is 275 g/mol. The molecule has 0 atom stereocenters. The van der Waals surface area contributed by atoms with E-state index >= 15 is 0 Å². The molecule has 4 heteroatoms. The number of anilines is 1. The normalized spacial score (nSPS) is 11.5. The fraction of sp³-hybridized carbons (Fsp3) is 0.455. The van der Waals surface area contributed by atoms with E-state index in [-0.39, 0.29) is 17.8 Å². The molecule has 0 fully saturated rings. The van der Waals surface area contributed by atoms with Gasteiger partial charge < -0.3 is 10.4 Å². The minimum Gasteiger partial charge on any atom is -0.396 e. The summed E-state index contributed by atoms with van der Waals surface area (Å²) in [5.74, 6) is -0.276. The first-order valence-corrected chi connectivity index (χ1v) is 5.54. The molecule has 0 amide bonds. The highest BCUT2D eigenvalue weighted by molar-refractivity contribution is 9.10. The smallest absolute Gasteiger partial charge is 0.137 e. The topological polar surface area (TPSA) is 32.3 Å². The summed E-state index contributed by atoms with van der Waals surface area (Å²) in [6, 6.07) is 4.76. The van der Waals surface area contributed by atoms with Gasteiger partial charge in [-0.1, -0.05) is 13.8 Å². The zero-order chi connectivity index (χ0) is 11.5. The highest BCUT2D eigenvalue weighted by atomic mass is 79.9. The van der Waals surface area contributed by atoms with Crippen LogP contribution in [0.2, 0.25) is 0 Å². The Labute approximate surface area is 97.6 Å². The molecule has 0 bridgehead atoms. The molecule has 15 heavy (non-hydrogen) atoms. The molecule has 0 heterocycles. The summed E-state index contributed by atoms with van der Waals surface area (Å²) in [5, 5.41) is 12.2. The average molecular weight is 276 g/mol. The third kappa shape index (κ3) is 3.80. The Bertz CT molecular complexity index is 341. The number of hydrogen-bond acceptors (Lipinski definition) is 2. The van der Waals surface area contributed by atoms with Crippen LogP contribution in [0.3, 0.4) is 0 Å². The molecule has 0 radical (unpaired) electrons. The van der Waals surface area contributed by atoms with Gasteiger partial charge in [0.1, 0.15) is 5.82 Å². The Balaban J connectivity index is 2.62. The van der Waals surface area contributed by atoms with E-state index < -0.39 is 0 Å². The van der Waals surface area contributed by atoms with Crippen molar-refractivity contribution in [3.63, 3.8) is 0 Å². The van der Waals surface area contributed by atoms with E-state index in [1.54, 1.807) is 12.1 Å². The number of halogens is 2. The molecule has 1 aromatic carbocycles. The maximum absolute atomic E-state index is 12.9. The predicted molar refractivity (Wildman–Crippen MR) is 63.5 cm³/mol. The second kappa shape index (κ2) is 4.94. The van der Waals surface area contributed by atoms with Crippen molar-refractivity contribution >= 4 is 21.6 Å². The van der Waals surface area contributed by atoms with Crippen LogP contribution in [0, 0.1) is 11.2 Å². The molecule has 0 saturated heterocycles. The van der Waals surface area contributed by atoms with Crippen molar-refractivity contribution in [3.05, 3.63) is 28.5 Å². The molecule has 0 aliphatic carbocycles. The molecule has 0 unspecified atom stereocenters. The second-order valence-electron chi connectivity index (χ2n) is 4.30. The molecular weight excluding hydrogens is 261 g/mol. The number of aliphatic hydroxyl groups excluding tert-OH is 1. The lowest BCUT2D eigenvalue weighted by molar-refractivity contribution is 0.171. The molecule has 0 aliphatic rings. The van der Waals surface area contributed by atoms with Crippen LogP contribution in [0.1, 0.15) is 13.8 Å². The lowest BCUT2D eigenvalue weighted by atomic mass is 9.95. The number of hydrogen-bond donors (Lipinski definition) is 2. The summed E-state index contributed by atoms with van der Waals surface area (Å²) in [6.45, 7) is 4.67. The minimum atomic E-state index is -0.276. The first-order chi connectivity index (χ1) is 6.94. The lowest BCUT2D eigenvalue weighted by Crippen LogP contribution is -2.26. The Morgan fingerprint density at radius 1 is 1.47 bits per heavy atom. The Kier molecular flexibility index (Phi) is 4.11. The number of aliphatic hydroxyl groups is 1. The molecular formula is C11H15BrFNO. The van der Waals surface area contributed by atoms with Crippen LogP contribution < -0.4 is 5.32 Å². The van der Waals surface area contributed by atoms with E-state index in [0.717, 1.165) is 5.69 Å². The summed E-state index contributed by atoms with van der Waals surface area (Å²) >= 11 is 3.12. The fourth-order valence-corrected chi connectivity index (χ4v) is 1.38. The van der Waals surface area contributed by atoms with Crippen LogP contribution >= 0.6 is 15.9 Å². The fourth-order valence-electron chi connectivity index (χ4n) is 1.00. The highest BCUT2D eigenvalue weighted by Gasteiger charge is 2.15. The third-order valence-corrected chi connectivity index (χ3v) is 2.73. The first-order valence-electron chi connectivity index (χ1n) is 4.74. The van der Waals surface area contributed by atoms with E-state index in [0.29, 0.717) is 11.0 Å². The highest BCUT2D eigenvalue weighted by Crippen LogP contribution is 2.21. The van der Waals surface area contributed by atoms with Gasteiger partial charge in [0.15, 0.2) is 0 Å². The molecule has 1 aromatic rings. The lowest BCUT2D eigenvalue weighted by Gasteiger charge is -2.22. The van der Waals surface area contributed by atoms with Gasteiger partial charge in [-0.25, -0.2) is 4.39 Å². The van der Waals surface area contributed by atoms with Crippen molar-refractivity contribution in [1.29, 1.82) is 0 Å². The molecule has 2 N–H and O–H groups in total. The van der Waals surface area contributed by atoms with Crippen molar-refractivity contribution < 1.29 is 9.50 Å². The van der Waals surface area contributed by atoms with Gasteiger partial charge in [-0.3, -0.25) is 0 Å². The standard InChI is InChI=1S/C11H15BrFNO/c1-11(2,7-15)6-14-8-3-4-10(13)9(12)5-8/h3-5,14-15H,6-7H2,1-2H3. The number of benzene rings is 1. The van der Waals surface area contributed by atoms with Crippen molar-refractivity contribution in [2.75, 3.05) is 18.5 Å². The third-order valence-electron chi connectivity index (χ3n) is 2.12. The van der Waals surface area contributed by atoms with Gasteiger partial charge in [-0.15, -0.1) is 0 Å². The molecule has 84 valence electrons. The van der Waals surface area contributed by atoms with Crippen LogP contribution in [0.5, 0.6) is 0 Å². The minimum absolute atomic E-state index is 0.113. The van der Waals surface area contributed by atoms with Gasteiger partial charge in [0, 0.05) is 24.3 Å². The van der Waals surface area contributed by atoms with E-state index in [1.165, 1.54) is 6.07 Å². The van der Waals surface area contributed by atoms with Crippen LogP contribution in [0.15, 0.2) is 22.7 Å². The van der Waals surface area contributed by atoms with Gasteiger partial charge in [0.25, 0.3) is 0 Å². The summed E-state index contributed by atoms with van der Waals surface area (Å²) < 4.78 is 13.4. The van der Waals surface area contributed by atoms with Crippen molar-refractivity contribution in [2.45, 2.75) is 13.8 Å². The predicted octanol–water partition coefficient (Wildman–Crippen LogP) is 3.02. The Morgan fingerprint density at radius 2 is 2.13 bits per heavy atom. The molecule has 0 aliphatic heterocycles. The van der Waals surface area contributed by atoms with E-state index in [4.69, 9.17) is 5.11 Å². The van der Waals surface area contributed by atoms with E-state index in [1.807, 2.05) is 13.8 Å². The van der Waals surface area contributed by atoms with Crippen molar-refractivity contribution in [2.24, 2.45) is 5.41 Å². The van der Waals surface area contributed by atoms with Gasteiger partial charge in [0.2, 0.25) is 0 Å². The maximum atomic E-state index is 12.9. The van der Waals surface area contributed by atoms with Crippen LogP contribution in [-0.4, -0.2) is 18.3 Å². The first kappa shape index (κ1) is 12.5. The molecule has 1 rings (SSSR count). The van der Waals surface area contributed by atoms with Crippen molar-refractivity contribution in [3.8, 4) is 0 Å². The molecule has 0 aromatic heterocycles. The van der Waals surface area contributed by atoms with Crippen LogP contribution in [0.4, 0.5) is 10.1 Å². The summed E-state index contributed by atoms with van der Waals surface area (Å²) in [6.07, 6.45) is 0. The van der Waals surface area contributed by atoms with E-state index in [9.17, 15) is 4.39 Å². The molecule has 0 saturated carbocycles. The van der Waals surface area contributed by atoms with Gasteiger partial charge >= 0.3 is 0 Å². The van der Waals surface area contributed by atoms with Crippen molar-refractivity contribution in [1.82, 2.24) is 0 Å². The van der Waals surface area contributed by atoms with Crippen LogP contribution in [0.25, 0.3) is 0 Å². The summed E-state index contributed by atoms with van der Waals surface area (Å²) in [5.41, 5.74) is 0.658. The number of nitrogens with one attached hydrogen (secondary N) is 1. The van der Waals surface area contributed by atoms with Gasteiger partial charge in [0.05, 0.1) is 4.47 Å².